The minimum atomic E-state index is -1.02. The fraction of sp³-hybridized carbons (Fsp3) is 0.240. The summed E-state index contributed by atoms with van der Waals surface area (Å²) in [6, 6.07) is 15.5. The molecule has 178 valence electrons. The molecule has 2 aromatic carbocycles. The summed E-state index contributed by atoms with van der Waals surface area (Å²) in [6.07, 6.45) is 2.16. The van der Waals surface area contributed by atoms with E-state index in [0.717, 1.165) is 23.3 Å². The van der Waals surface area contributed by atoms with E-state index in [1.54, 1.807) is 18.3 Å². The van der Waals surface area contributed by atoms with Gasteiger partial charge in [0, 0.05) is 32.6 Å². The Morgan fingerprint density at radius 1 is 1.00 bits per heavy atom. The van der Waals surface area contributed by atoms with E-state index in [1.165, 1.54) is 18.0 Å². The molecule has 0 aliphatic rings. The van der Waals surface area contributed by atoms with Crippen LogP contribution in [0.1, 0.15) is 23.6 Å². The number of hydrazine groups is 1. The van der Waals surface area contributed by atoms with Gasteiger partial charge in [-0.05, 0) is 41.3 Å². The van der Waals surface area contributed by atoms with Gasteiger partial charge in [0.1, 0.15) is 11.9 Å². The lowest BCUT2D eigenvalue weighted by molar-refractivity contribution is -0.142. The molecule has 3 aromatic rings. The predicted molar refractivity (Wildman–Crippen MR) is 125 cm³/mol. The maximum atomic E-state index is 13.8. The first-order valence-corrected chi connectivity index (χ1v) is 10.8. The minimum Gasteiger partial charge on any atom is -0.384 e. The number of halogens is 2. The van der Waals surface area contributed by atoms with Crippen LogP contribution in [-0.2, 0) is 29.0 Å². The SMILES string of the molecule is CC(=O)N(NCCc1ccccc1)[C@@H](Cc1ccc(F)c(F)c1)C(=O)NCc1ccc(N)nc1. The van der Waals surface area contributed by atoms with Crippen molar-refractivity contribution >= 4 is 17.6 Å². The third-order valence-corrected chi connectivity index (χ3v) is 5.22. The van der Waals surface area contributed by atoms with Gasteiger partial charge in [0.25, 0.3) is 0 Å². The van der Waals surface area contributed by atoms with Crippen molar-refractivity contribution in [3.63, 3.8) is 0 Å². The van der Waals surface area contributed by atoms with Crippen LogP contribution >= 0.6 is 0 Å². The van der Waals surface area contributed by atoms with Crippen LogP contribution in [-0.4, -0.2) is 34.4 Å². The van der Waals surface area contributed by atoms with Crippen LogP contribution in [0.2, 0.25) is 0 Å². The van der Waals surface area contributed by atoms with Crippen molar-refractivity contribution in [3.8, 4) is 0 Å². The van der Waals surface area contributed by atoms with Crippen molar-refractivity contribution in [2.75, 3.05) is 12.3 Å². The van der Waals surface area contributed by atoms with Gasteiger partial charge in [0.05, 0.1) is 0 Å². The van der Waals surface area contributed by atoms with E-state index < -0.39 is 23.6 Å². The Morgan fingerprint density at radius 3 is 2.38 bits per heavy atom. The number of rotatable bonds is 10. The summed E-state index contributed by atoms with van der Waals surface area (Å²) >= 11 is 0. The molecule has 34 heavy (non-hydrogen) atoms. The number of hydrogen-bond acceptors (Lipinski definition) is 5. The Balaban J connectivity index is 1.76. The molecule has 4 N–H and O–H groups in total. The first kappa shape index (κ1) is 24.8. The Morgan fingerprint density at radius 2 is 1.74 bits per heavy atom. The standard InChI is InChI=1S/C25H27F2N5O2/c1-17(33)32(31-12-11-18-5-3-2-4-6-18)23(14-19-7-9-21(26)22(27)13-19)25(34)30-16-20-8-10-24(28)29-15-20/h2-10,13,15,23,31H,11-12,14,16H2,1H3,(H2,28,29)(H,30,34)/t23-/m0/s1. The molecule has 0 aliphatic heterocycles. The molecule has 0 aliphatic carbocycles. The smallest absolute Gasteiger partial charge is 0.245 e. The van der Waals surface area contributed by atoms with E-state index in [1.807, 2.05) is 30.3 Å². The maximum absolute atomic E-state index is 13.8. The summed E-state index contributed by atoms with van der Waals surface area (Å²) in [5, 5.41) is 4.02. The molecule has 0 radical (unpaired) electrons. The molecule has 1 aromatic heterocycles. The normalized spacial score (nSPS) is 11.6. The summed E-state index contributed by atoms with van der Waals surface area (Å²) < 4.78 is 27.2. The highest BCUT2D eigenvalue weighted by molar-refractivity contribution is 5.87. The Hall–Kier alpha value is -3.85. The zero-order chi connectivity index (χ0) is 24.5. The summed E-state index contributed by atoms with van der Waals surface area (Å²) in [7, 11) is 0. The average molecular weight is 468 g/mol. The number of nitrogen functional groups attached to an aromatic ring is 1. The summed E-state index contributed by atoms with van der Waals surface area (Å²) in [6.45, 7) is 1.90. The number of nitrogens with zero attached hydrogens (tertiary/aromatic N) is 2. The van der Waals surface area contributed by atoms with Crippen molar-refractivity contribution < 1.29 is 18.4 Å². The van der Waals surface area contributed by atoms with Gasteiger partial charge in [0.15, 0.2) is 11.6 Å². The summed E-state index contributed by atoms with van der Waals surface area (Å²) in [4.78, 5) is 29.6. The van der Waals surface area contributed by atoms with Crippen molar-refractivity contribution in [2.45, 2.75) is 32.4 Å². The number of nitrogens with one attached hydrogen (secondary N) is 2. The highest BCUT2D eigenvalue weighted by Gasteiger charge is 2.28. The van der Waals surface area contributed by atoms with E-state index in [-0.39, 0.29) is 18.9 Å². The molecule has 0 saturated heterocycles. The van der Waals surface area contributed by atoms with Crippen LogP contribution in [0.25, 0.3) is 0 Å². The second-order valence-electron chi connectivity index (χ2n) is 7.81. The van der Waals surface area contributed by atoms with Crippen molar-refractivity contribution in [2.24, 2.45) is 0 Å². The van der Waals surface area contributed by atoms with E-state index in [2.05, 4.69) is 15.7 Å². The van der Waals surface area contributed by atoms with Crippen LogP contribution in [0.15, 0.2) is 66.9 Å². The van der Waals surface area contributed by atoms with Gasteiger partial charge in [0.2, 0.25) is 11.8 Å². The van der Waals surface area contributed by atoms with Crippen LogP contribution in [0.3, 0.4) is 0 Å². The molecule has 0 unspecified atom stereocenters. The van der Waals surface area contributed by atoms with E-state index in [0.29, 0.717) is 24.3 Å². The van der Waals surface area contributed by atoms with Gasteiger partial charge < -0.3 is 11.1 Å². The lowest BCUT2D eigenvalue weighted by atomic mass is 10.0. The van der Waals surface area contributed by atoms with Gasteiger partial charge in [-0.2, -0.15) is 0 Å². The lowest BCUT2D eigenvalue weighted by Gasteiger charge is -2.30. The third-order valence-electron chi connectivity index (χ3n) is 5.22. The number of benzene rings is 2. The molecule has 1 atom stereocenters. The predicted octanol–water partition coefficient (Wildman–Crippen LogP) is 2.77. The van der Waals surface area contributed by atoms with Gasteiger partial charge in [-0.15, -0.1) is 0 Å². The van der Waals surface area contributed by atoms with E-state index in [4.69, 9.17) is 5.73 Å². The number of aromatic nitrogens is 1. The number of anilines is 1. The number of carbonyl (C=O) groups excluding carboxylic acids is 2. The molecule has 2 amide bonds. The maximum Gasteiger partial charge on any atom is 0.245 e. The van der Waals surface area contributed by atoms with Crippen LogP contribution < -0.4 is 16.5 Å². The van der Waals surface area contributed by atoms with Crippen LogP contribution in [0, 0.1) is 11.6 Å². The molecule has 7 nitrogen and oxygen atoms in total. The van der Waals surface area contributed by atoms with Gasteiger partial charge in [-0.25, -0.2) is 19.2 Å². The molecule has 1 heterocycles. The number of carbonyl (C=O) groups is 2. The number of amides is 2. The molecular formula is C25H27F2N5O2. The number of nitrogens with two attached hydrogens (primary N) is 1. The first-order chi connectivity index (χ1) is 16.3. The fourth-order valence-electron chi connectivity index (χ4n) is 3.44. The molecule has 3 rings (SSSR count). The van der Waals surface area contributed by atoms with E-state index >= 15 is 0 Å². The van der Waals surface area contributed by atoms with Gasteiger partial charge >= 0.3 is 0 Å². The molecular weight excluding hydrogens is 440 g/mol. The zero-order valence-electron chi connectivity index (χ0n) is 18.8. The molecule has 0 bridgehead atoms. The van der Waals surface area contributed by atoms with Crippen LogP contribution in [0.4, 0.5) is 14.6 Å². The number of pyridine rings is 1. The highest BCUT2D eigenvalue weighted by atomic mass is 19.2. The van der Waals surface area contributed by atoms with Crippen molar-refractivity contribution in [3.05, 3.63) is 95.2 Å². The van der Waals surface area contributed by atoms with E-state index in [9.17, 15) is 18.4 Å². The van der Waals surface area contributed by atoms with Crippen LogP contribution in [0.5, 0.6) is 0 Å². The Labute approximate surface area is 197 Å². The molecule has 9 heteroatoms. The van der Waals surface area contributed by atoms with Crippen molar-refractivity contribution in [1.82, 2.24) is 20.7 Å². The summed E-state index contributed by atoms with van der Waals surface area (Å²) in [5.41, 5.74) is 10.8. The largest absolute Gasteiger partial charge is 0.384 e. The molecule has 0 saturated carbocycles. The lowest BCUT2D eigenvalue weighted by Crippen LogP contribution is -2.56. The second kappa shape index (κ2) is 11.9. The second-order valence-corrected chi connectivity index (χ2v) is 7.81. The molecule has 0 spiro atoms. The van der Waals surface area contributed by atoms with Gasteiger partial charge in [-0.3, -0.25) is 14.6 Å². The Kier molecular flexibility index (Phi) is 8.64. The highest BCUT2D eigenvalue weighted by Crippen LogP contribution is 2.14. The monoisotopic (exact) mass is 467 g/mol. The zero-order valence-corrected chi connectivity index (χ0v) is 18.8. The first-order valence-electron chi connectivity index (χ1n) is 10.8. The topological polar surface area (TPSA) is 100 Å². The minimum absolute atomic E-state index is 0.0130. The average Bonchev–Trinajstić information content (AvgIpc) is 2.83. The quantitative estimate of drug-likeness (QED) is 0.398. The third kappa shape index (κ3) is 7.08. The Bertz CT molecular complexity index is 1110. The molecule has 0 fully saturated rings. The van der Waals surface area contributed by atoms with Crippen molar-refractivity contribution in [1.29, 1.82) is 0 Å². The fourth-order valence-corrected chi connectivity index (χ4v) is 3.44. The number of hydrogen-bond donors (Lipinski definition) is 3. The summed E-state index contributed by atoms with van der Waals surface area (Å²) in [5.74, 6) is -2.48. The van der Waals surface area contributed by atoms with Gasteiger partial charge in [-0.1, -0.05) is 42.5 Å².